The molecule has 9 heteroatoms. The maximum absolute atomic E-state index is 16.0. The van der Waals surface area contributed by atoms with Gasteiger partial charge in [-0.3, -0.25) is 14.4 Å². The van der Waals surface area contributed by atoms with Crippen LogP contribution in [0.3, 0.4) is 0 Å². The lowest BCUT2D eigenvalue weighted by atomic mass is 9.92. The van der Waals surface area contributed by atoms with Gasteiger partial charge in [-0.15, -0.1) is 0 Å². The van der Waals surface area contributed by atoms with Crippen LogP contribution < -0.4 is 15.1 Å². The number of hydrogen-bond acceptors (Lipinski definition) is 5. The quantitative estimate of drug-likeness (QED) is 0.293. The number of methoxy groups -OCH3 is 1. The van der Waals surface area contributed by atoms with Crippen LogP contribution in [-0.4, -0.2) is 53.9 Å². The van der Waals surface area contributed by atoms with Gasteiger partial charge < -0.3 is 19.1 Å². The molecule has 3 fully saturated rings. The number of aromatic nitrogens is 1. The summed E-state index contributed by atoms with van der Waals surface area (Å²) in [4.78, 5) is 43.0. The number of pyridine rings is 1. The Morgan fingerprint density at radius 2 is 1.88 bits per heavy atom. The third-order valence-corrected chi connectivity index (χ3v) is 8.66. The summed E-state index contributed by atoms with van der Waals surface area (Å²) in [5, 5.41) is 0.710. The van der Waals surface area contributed by atoms with Gasteiger partial charge in [-0.05, 0) is 61.4 Å². The second-order valence-electron chi connectivity index (χ2n) is 11.0. The van der Waals surface area contributed by atoms with E-state index in [0.29, 0.717) is 41.6 Å². The number of allylic oxidation sites excluding steroid dienone is 1. The van der Waals surface area contributed by atoms with Crippen LogP contribution in [0.4, 0.5) is 10.1 Å². The van der Waals surface area contributed by atoms with Gasteiger partial charge in [0.2, 0.25) is 11.3 Å². The zero-order chi connectivity index (χ0) is 28.1. The SMILES string of the molecule is COc1c(N2CC3CCCN(C(C)=O)C3C2)c(F)cc2c(=O)c(C(=O)C=Cc3ccc(Cl)cc3)cn(C3CC3)c12. The second-order valence-corrected chi connectivity index (χ2v) is 11.4. The van der Waals surface area contributed by atoms with Crippen LogP contribution in [0.2, 0.25) is 5.02 Å². The highest BCUT2D eigenvalue weighted by molar-refractivity contribution is 6.30. The van der Waals surface area contributed by atoms with Gasteiger partial charge in [0, 0.05) is 43.8 Å². The molecule has 0 radical (unpaired) electrons. The number of fused-ring (bicyclic) bond motifs is 2. The number of hydrogen-bond donors (Lipinski definition) is 0. The fourth-order valence-electron chi connectivity index (χ4n) is 6.34. The van der Waals surface area contributed by atoms with Crippen LogP contribution in [0.1, 0.15) is 54.6 Å². The number of piperidine rings is 1. The van der Waals surface area contributed by atoms with E-state index in [1.165, 1.54) is 19.3 Å². The number of benzene rings is 2. The number of carbonyl (C=O) groups is 2. The molecule has 0 spiro atoms. The first-order valence-corrected chi connectivity index (χ1v) is 14.1. The van der Waals surface area contributed by atoms with Gasteiger partial charge in [-0.2, -0.15) is 0 Å². The molecule has 7 nitrogen and oxygen atoms in total. The van der Waals surface area contributed by atoms with E-state index in [-0.39, 0.29) is 34.9 Å². The van der Waals surface area contributed by atoms with Crippen LogP contribution >= 0.6 is 11.6 Å². The van der Waals surface area contributed by atoms with E-state index in [2.05, 4.69) is 0 Å². The maximum atomic E-state index is 16.0. The zero-order valence-electron chi connectivity index (χ0n) is 22.5. The molecule has 1 aromatic heterocycles. The lowest BCUT2D eigenvalue weighted by Gasteiger charge is -2.36. The topological polar surface area (TPSA) is 71.8 Å². The summed E-state index contributed by atoms with van der Waals surface area (Å²) < 4.78 is 23.7. The van der Waals surface area contributed by atoms with Crippen molar-refractivity contribution in [1.29, 1.82) is 0 Å². The van der Waals surface area contributed by atoms with E-state index in [1.54, 1.807) is 43.5 Å². The number of nitrogens with zero attached hydrogens (tertiary/aromatic N) is 3. The summed E-state index contributed by atoms with van der Waals surface area (Å²) in [7, 11) is 1.48. The maximum Gasteiger partial charge on any atom is 0.219 e. The molecule has 208 valence electrons. The Hall–Kier alpha value is -3.65. The number of carbonyl (C=O) groups excluding carboxylic acids is 2. The van der Waals surface area contributed by atoms with E-state index < -0.39 is 17.0 Å². The summed E-state index contributed by atoms with van der Waals surface area (Å²) in [5.74, 6) is -0.448. The van der Waals surface area contributed by atoms with Gasteiger partial charge in [-0.25, -0.2) is 4.39 Å². The smallest absolute Gasteiger partial charge is 0.219 e. The molecular weight excluding hydrogens is 533 g/mol. The van der Waals surface area contributed by atoms with Crippen molar-refractivity contribution in [2.75, 3.05) is 31.6 Å². The van der Waals surface area contributed by atoms with Crippen molar-refractivity contribution in [2.24, 2.45) is 5.92 Å². The fourth-order valence-corrected chi connectivity index (χ4v) is 6.46. The molecule has 3 aromatic rings. The summed E-state index contributed by atoms with van der Waals surface area (Å²) in [6, 6.07) is 8.36. The van der Waals surface area contributed by atoms with E-state index in [9.17, 15) is 14.4 Å². The summed E-state index contributed by atoms with van der Waals surface area (Å²) in [6.45, 7) is 3.40. The highest BCUT2D eigenvalue weighted by Crippen LogP contribution is 2.45. The predicted octanol–water partition coefficient (Wildman–Crippen LogP) is 5.48. The minimum atomic E-state index is -0.571. The highest BCUT2D eigenvalue weighted by Gasteiger charge is 2.42. The normalized spacial score (nSPS) is 20.8. The van der Waals surface area contributed by atoms with Gasteiger partial charge in [-0.1, -0.05) is 29.8 Å². The molecule has 0 N–H and O–H groups in total. The largest absolute Gasteiger partial charge is 0.492 e. The van der Waals surface area contributed by atoms with Crippen LogP contribution in [0.25, 0.3) is 17.0 Å². The van der Waals surface area contributed by atoms with Crippen molar-refractivity contribution in [1.82, 2.24) is 9.47 Å². The van der Waals surface area contributed by atoms with Crippen molar-refractivity contribution in [3.8, 4) is 5.75 Å². The molecule has 1 saturated carbocycles. The van der Waals surface area contributed by atoms with Crippen molar-refractivity contribution in [3.63, 3.8) is 0 Å². The predicted molar refractivity (Wildman–Crippen MR) is 154 cm³/mol. The van der Waals surface area contributed by atoms with Crippen molar-refractivity contribution in [2.45, 2.75) is 44.7 Å². The van der Waals surface area contributed by atoms with Crippen molar-refractivity contribution in [3.05, 3.63) is 74.8 Å². The molecule has 1 amide bonds. The van der Waals surface area contributed by atoms with E-state index in [4.69, 9.17) is 16.3 Å². The van der Waals surface area contributed by atoms with Crippen LogP contribution in [-0.2, 0) is 4.79 Å². The fraction of sp³-hybridized carbons (Fsp3) is 0.387. The van der Waals surface area contributed by atoms with E-state index in [1.807, 2.05) is 14.4 Å². The first-order valence-electron chi connectivity index (χ1n) is 13.7. The molecule has 2 saturated heterocycles. The lowest BCUT2D eigenvalue weighted by Crippen LogP contribution is -2.47. The summed E-state index contributed by atoms with van der Waals surface area (Å²) in [6.07, 6.45) is 8.28. The molecule has 2 aromatic carbocycles. The van der Waals surface area contributed by atoms with Crippen LogP contribution in [0, 0.1) is 11.7 Å². The molecule has 2 atom stereocenters. The van der Waals surface area contributed by atoms with Gasteiger partial charge in [0.05, 0.1) is 29.6 Å². The molecule has 2 aliphatic heterocycles. The third-order valence-electron chi connectivity index (χ3n) is 8.41. The number of halogens is 2. The lowest BCUT2D eigenvalue weighted by molar-refractivity contribution is -0.132. The minimum Gasteiger partial charge on any atom is -0.492 e. The van der Waals surface area contributed by atoms with Crippen molar-refractivity contribution >= 4 is 46.0 Å². The number of ether oxygens (including phenoxy) is 1. The van der Waals surface area contributed by atoms with Crippen LogP contribution in [0.5, 0.6) is 5.75 Å². The second kappa shape index (κ2) is 10.4. The Labute approximate surface area is 236 Å². The first-order chi connectivity index (χ1) is 19.3. The zero-order valence-corrected chi connectivity index (χ0v) is 23.3. The summed E-state index contributed by atoms with van der Waals surface area (Å²) >= 11 is 5.95. The van der Waals surface area contributed by atoms with E-state index in [0.717, 1.165) is 31.2 Å². The van der Waals surface area contributed by atoms with Gasteiger partial charge in [0.25, 0.3) is 0 Å². The molecule has 6 rings (SSSR count). The highest BCUT2D eigenvalue weighted by atomic mass is 35.5. The monoisotopic (exact) mass is 563 g/mol. The Kier molecular flexibility index (Phi) is 6.90. The van der Waals surface area contributed by atoms with Gasteiger partial charge >= 0.3 is 0 Å². The first kappa shape index (κ1) is 26.6. The molecule has 1 aliphatic carbocycles. The average molecular weight is 564 g/mol. The summed E-state index contributed by atoms with van der Waals surface area (Å²) in [5.41, 5.74) is 1.04. The van der Waals surface area contributed by atoms with Gasteiger partial charge in [0.1, 0.15) is 5.69 Å². The van der Waals surface area contributed by atoms with E-state index >= 15 is 4.39 Å². The number of rotatable bonds is 6. The Morgan fingerprint density at radius 3 is 2.55 bits per heavy atom. The Bertz CT molecular complexity index is 1600. The van der Waals surface area contributed by atoms with Gasteiger partial charge in [0.15, 0.2) is 17.3 Å². The number of ketones is 1. The number of amides is 1. The molecule has 2 unspecified atom stereocenters. The van der Waals surface area contributed by atoms with Crippen LogP contribution in [0.15, 0.2) is 47.4 Å². The minimum absolute atomic E-state index is 0.0110. The molecule has 3 heterocycles. The third kappa shape index (κ3) is 4.68. The number of likely N-dealkylation sites (tertiary alicyclic amines) is 1. The van der Waals surface area contributed by atoms with Crippen molar-refractivity contribution < 1.29 is 18.7 Å². The molecule has 0 bridgehead atoms. The Balaban J connectivity index is 1.43. The average Bonchev–Trinajstić information content (AvgIpc) is 3.69. The number of anilines is 1. The Morgan fingerprint density at radius 1 is 1.12 bits per heavy atom. The molecule has 3 aliphatic rings. The molecule has 40 heavy (non-hydrogen) atoms. The standard InChI is InChI=1S/C31H31ClFN3O4/c1-18(37)35-13-3-4-20-15-34(17-26(20)35)29-25(33)14-23-28(31(29)40-2)36(22-10-11-22)16-24(30(23)39)27(38)12-7-19-5-8-21(32)9-6-19/h5-9,12,14,16,20,22,26H,3-4,10-11,13,15,17H2,1-2H3. The molecular formula is C31H31ClFN3O4.